The van der Waals surface area contributed by atoms with Gasteiger partial charge in [-0.1, -0.05) is 19.9 Å². The van der Waals surface area contributed by atoms with E-state index in [1.54, 1.807) is 13.8 Å². The lowest BCUT2D eigenvalue weighted by Gasteiger charge is -2.38. The van der Waals surface area contributed by atoms with Gasteiger partial charge in [-0.15, -0.1) is 6.58 Å². The molecule has 0 heterocycles. The fraction of sp³-hybridized carbons (Fsp3) is 0.750. The Labute approximate surface area is 102 Å². The molecule has 0 aliphatic heterocycles. The predicted molar refractivity (Wildman–Crippen MR) is 63.3 cm³/mol. The summed E-state index contributed by atoms with van der Waals surface area (Å²) in [6.45, 7) is 7.02. The average Bonchev–Trinajstić information content (AvgIpc) is 2.30. The Hall–Kier alpha value is -0.910. The first-order valence-electron chi connectivity index (χ1n) is 5.30. The van der Waals surface area contributed by atoms with E-state index >= 15 is 0 Å². The van der Waals surface area contributed by atoms with Gasteiger partial charge in [-0.2, -0.15) is 0 Å². The molecule has 0 fully saturated rings. The van der Waals surface area contributed by atoms with Crippen LogP contribution in [0.1, 0.15) is 13.8 Å². The van der Waals surface area contributed by atoms with Gasteiger partial charge in [0.05, 0.1) is 13.2 Å². The van der Waals surface area contributed by atoms with Crippen molar-refractivity contribution in [2.75, 3.05) is 21.3 Å². The maximum absolute atomic E-state index is 11.5. The zero-order valence-electron chi connectivity index (χ0n) is 11.1. The number of carbonyl (C=O) groups excluding carboxylic acids is 1. The monoisotopic (exact) mass is 246 g/mol. The van der Waals surface area contributed by atoms with Crippen LogP contribution >= 0.6 is 0 Å². The highest BCUT2D eigenvalue weighted by atomic mass is 16.7. The molecular weight excluding hydrogens is 224 g/mol. The number of rotatable bonds is 7. The molecule has 0 aliphatic carbocycles. The molecule has 0 spiro atoms. The summed E-state index contributed by atoms with van der Waals surface area (Å²) in [7, 11) is 4.22. The van der Waals surface area contributed by atoms with Crippen molar-refractivity contribution < 1.29 is 24.1 Å². The van der Waals surface area contributed by atoms with E-state index in [2.05, 4.69) is 11.3 Å². The molecule has 0 radical (unpaired) electrons. The van der Waals surface area contributed by atoms with E-state index in [-0.39, 0.29) is 0 Å². The number of hydrogen-bond acceptors (Lipinski definition) is 5. The summed E-state index contributed by atoms with van der Waals surface area (Å²) < 4.78 is 14.9. The summed E-state index contributed by atoms with van der Waals surface area (Å²) in [6, 6.07) is 0. The van der Waals surface area contributed by atoms with Crippen molar-refractivity contribution >= 4 is 5.97 Å². The Morgan fingerprint density at radius 2 is 1.76 bits per heavy atom. The van der Waals surface area contributed by atoms with Crippen molar-refractivity contribution in [1.29, 1.82) is 0 Å². The van der Waals surface area contributed by atoms with Crippen molar-refractivity contribution in [2.24, 2.45) is 11.3 Å². The van der Waals surface area contributed by atoms with E-state index in [0.29, 0.717) is 0 Å². The van der Waals surface area contributed by atoms with Gasteiger partial charge >= 0.3 is 5.97 Å². The highest BCUT2D eigenvalue weighted by molar-refractivity contribution is 5.75. The fourth-order valence-electron chi connectivity index (χ4n) is 1.80. The molecule has 2 atom stereocenters. The Bertz CT molecular complexity index is 258. The molecule has 0 rings (SSSR count). The minimum atomic E-state index is -1.02. The molecule has 17 heavy (non-hydrogen) atoms. The number of aliphatic hydroxyl groups excluding tert-OH is 1. The molecule has 0 saturated carbocycles. The number of carbonyl (C=O) groups is 1. The number of methoxy groups -OCH3 is 3. The second-order valence-corrected chi connectivity index (χ2v) is 4.35. The van der Waals surface area contributed by atoms with Crippen molar-refractivity contribution in [3.63, 3.8) is 0 Å². The summed E-state index contributed by atoms with van der Waals surface area (Å²) in [5, 5.41) is 10.2. The molecule has 0 aliphatic rings. The summed E-state index contributed by atoms with van der Waals surface area (Å²) in [5.41, 5.74) is -0.781. The molecular formula is C12H22O5. The SMILES string of the molecule is C=CC(C(=O)OC)C(O)C(C)(C)C(OC)OC. The topological polar surface area (TPSA) is 65.0 Å². The van der Waals surface area contributed by atoms with Gasteiger partial charge in [0.1, 0.15) is 5.92 Å². The van der Waals surface area contributed by atoms with Crippen molar-refractivity contribution in [3.8, 4) is 0 Å². The van der Waals surface area contributed by atoms with Gasteiger partial charge in [0.15, 0.2) is 6.29 Å². The van der Waals surface area contributed by atoms with Gasteiger partial charge in [0, 0.05) is 19.6 Å². The fourth-order valence-corrected chi connectivity index (χ4v) is 1.80. The van der Waals surface area contributed by atoms with Crippen LogP contribution in [0.25, 0.3) is 0 Å². The van der Waals surface area contributed by atoms with Crippen LogP contribution in [0, 0.1) is 11.3 Å². The Balaban J connectivity index is 5.03. The van der Waals surface area contributed by atoms with E-state index in [0.717, 1.165) is 0 Å². The third-order valence-corrected chi connectivity index (χ3v) is 2.87. The minimum Gasteiger partial charge on any atom is -0.468 e. The molecule has 1 N–H and O–H groups in total. The van der Waals surface area contributed by atoms with Gasteiger partial charge in [-0.25, -0.2) is 0 Å². The lowest BCUT2D eigenvalue weighted by Crippen LogP contribution is -2.47. The first-order chi connectivity index (χ1) is 7.86. The normalized spacial score (nSPS) is 15.5. The molecule has 0 amide bonds. The van der Waals surface area contributed by atoms with Crippen LogP contribution in [0.2, 0.25) is 0 Å². The third-order valence-electron chi connectivity index (χ3n) is 2.87. The first-order valence-corrected chi connectivity index (χ1v) is 5.30. The third kappa shape index (κ3) is 3.52. The standard InChI is InChI=1S/C12H22O5/c1-7-8(10(14)15-4)9(13)12(2,3)11(16-5)17-6/h7-9,11,13H,1H2,2-6H3. The Kier molecular flexibility index (Phi) is 6.37. The summed E-state index contributed by atoms with van der Waals surface area (Å²) in [5.74, 6) is -1.35. The second-order valence-electron chi connectivity index (χ2n) is 4.35. The molecule has 2 unspecified atom stereocenters. The van der Waals surface area contributed by atoms with Crippen LogP contribution in [0.3, 0.4) is 0 Å². The predicted octanol–water partition coefficient (Wildman–Crippen LogP) is 0.968. The summed E-state index contributed by atoms with van der Waals surface area (Å²) in [6.07, 6.45) is -0.289. The summed E-state index contributed by atoms with van der Waals surface area (Å²) in [4.78, 5) is 11.5. The zero-order chi connectivity index (χ0) is 13.6. The van der Waals surface area contributed by atoms with Crippen molar-refractivity contribution in [1.82, 2.24) is 0 Å². The molecule has 0 aromatic rings. The highest BCUT2D eigenvalue weighted by Gasteiger charge is 2.43. The summed E-state index contributed by atoms with van der Waals surface area (Å²) >= 11 is 0. The molecule has 0 aromatic heterocycles. The van der Waals surface area contributed by atoms with E-state index in [4.69, 9.17) is 9.47 Å². The smallest absolute Gasteiger partial charge is 0.315 e. The van der Waals surface area contributed by atoms with Gasteiger partial charge in [0.2, 0.25) is 0 Å². The number of hydrogen-bond donors (Lipinski definition) is 1. The van der Waals surface area contributed by atoms with Crippen LogP contribution < -0.4 is 0 Å². The molecule has 5 heteroatoms. The number of esters is 1. The highest BCUT2D eigenvalue weighted by Crippen LogP contribution is 2.33. The van der Waals surface area contributed by atoms with Crippen LogP contribution in [-0.2, 0) is 19.0 Å². The molecule has 5 nitrogen and oxygen atoms in total. The maximum Gasteiger partial charge on any atom is 0.315 e. The molecule has 0 bridgehead atoms. The van der Waals surface area contributed by atoms with Crippen LogP contribution in [0.5, 0.6) is 0 Å². The van der Waals surface area contributed by atoms with Crippen LogP contribution in [-0.4, -0.2) is 44.8 Å². The van der Waals surface area contributed by atoms with E-state index in [1.807, 2.05) is 0 Å². The first kappa shape index (κ1) is 16.1. The second kappa shape index (κ2) is 6.74. The Morgan fingerprint density at radius 1 is 1.29 bits per heavy atom. The van der Waals surface area contributed by atoms with E-state index in [1.165, 1.54) is 27.4 Å². The lowest BCUT2D eigenvalue weighted by atomic mass is 9.78. The minimum absolute atomic E-state index is 0.536. The Morgan fingerprint density at radius 3 is 2.06 bits per heavy atom. The van der Waals surface area contributed by atoms with Gasteiger partial charge < -0.3 is 19.3 Å². The van der Waals surface area contributed by atoms with E-state index < -0.39 is 29.7 Å². The van der Waals surface area contributed by atoms with E-state index in [9.17, 15) is 9.90 Å². The molecule has 0 aromatic carbocycles. The molecule has 100 valence electrons. The van der Waals surface area contributed by atoms with Crippen molar-refractivity contribution in [2.45, 2.75) is 26.2 Å². The van der Waals surface area contributed by atoms with Gasteiger partial charge in [0.25, 0.3) is 0 Å². The number of aliphatic hydroxyl groups is 1. The average molecular weight is 246 g/mol. The van der Waals surface area contributed by atoms with Crippen LogP contribution in [0.4, 0.5) is 0 Å². The lowest BCUT2D eigenvalue weighted by molar-refractivity contribution is -0.205. The van der Waals surface area contributed by atoms with Gasteiger partial charge in [-0.3, -0.25) is 4.79 Å². The van der Waals surface area contributed by atoms with Gasteiger partial charge in [-0.05, 0) is 0 Å². The molecule has 0 saturated heterocycles. The van der Waals surface area contributed by atoms with Crippen LogP contribution in [0.15, 0.2) is 12.7 Å². The maximum atomic E-state index is 11.5. The van der Waals surface area contributed by atoms with Crippen molar-refractivity contribution in [3.05, 3.63) is 12.7 Å². The zero-order valence-corrected chi connectivity index (χ0v) is 11.1. The quantitative estimate of drug-likeness (QED) is 0.412. The largest absolute Gasteiger partial charge is 0.468 e. The number of ether oxygens (including phenoxy) is 3.